The van der Waals surface area contributed by atoms with Gasteiger partial charge in [-0.05, 0) is 55.9 Å². The Hall–Kier alpha value is -2.89. The molecule has 28 heavy (non-hydrogen) atoms. The van der Waals surface area contributed by atoms with Crippen LogP contribution in [0.15, 0.2) is 48.8 Å². The second-order valence-electron chi connectivity index (χ2n) is 7.43. The highest BCUT2D eigenvalue weighted by atomic mass is 16.2. The van der Waals surface area contributed by atoms with Gasteiger partial charge in [0, 0.05) is 44.1 Å². The van der Waals surface area contributed by atoms with Crippen LogP contribution in [0.25, 0.3) is 0 Å². The van der Waals surface area contributed by atoms with Gasteiger partial charge in [0.1, 0.15) is 0 Å². The average Bonchev–Trinajstić information content (AvgIpc) is 2.73. The molecule has 1 aliphatic heterocycles. The first kappa shape index (κ1) is 19.9. The van der Waals surface area contributed by atoms with Crippen molar-refractivity contribution >= 4 is 17.6 Å². The Morgan fingerprint density at radius 3 is 2.79 bits per heavy atom. The third-order valence-electron chi connectivity index (χ3n) is 5.10. The predicted molar refractivity (Wildman–Crippen MR) is 110 cm³/mol. The van der Waals surface area contributed by atoms with E-state index in [-0.39, 0.29) is 11.9 Å². The number of pyridine rings is 1. The van der Waals surface area contributed by atoms with Gasteiger partial charge < -0.3 is 15.5 Å². The normalized spacial score (nSPS) is 16.5. The van der Waals surface area contributed by atoms with Crippen molar-refractivity contribution < 1.29 is 9.59 Å². The topological polar surface area (TPSA) is 74.3 Å². The third kappa shape index (κ3) is 6.08. The van der Waals surface area contributed by atoms with Gasteiger partial charge in [-0.15, -0.1) is 0 Å². The summed E-state index contributed by atoms with van der Waals surface area (Å²) in [6.45, 7) is 3.99. The van der Waals surface area contributed by atoms with Crippen LogP contribution in [0.3, 0.4) is 0 Å². The van der Waals surface area contributed by atoms with Crippen molar-refractivity contribution in [3.8, 4) is 0 Å². The molecule has 0 saturated carbocycles. The molecule has 1 saturated heterocycles. The van der Waals surface area contributed by atoms with Crippen LogP contribution in [-0.4, -0.2) is 34.9 Å². The molecule has 3 amide bonds. The highest BCUT2D eigenvalue weighted by Gasteiger charge is 2.24. The van der Waals surface area contributed by atoms with Gasteiger partial charge in [0.2, 0.25) is 5.91 Å². The monoisotopic (exact) mass is 380 g/mol. The van der Waals surface area contributed by atoms with E-state index in [4.69, 9.17) is 0 Å². The van der Waals surface area contributed by atoms with Crippen LogP contribution in [0.4, 0.5) is 10.5 Å². The van der Waals surface area contributed by atoms with Crippen molar-refractivity contribution in [2.45, 2.75) is 39.2 Å². The summed E-state index contributed by atoms with van der Waals surface area (Å²) < 4.78 is 0. The molecule has 1 aliphatic rings. The minimum Gasteiger partial charge on any atom is -0.352 e. The number of carbonyl (C=O) groups is 2. The summed E-state index contributed by atoms with van der Waals surface area (Å²) in [5, 5.41) is 5.90. The number of amides is 3. The van der Waals surface area contributed by atoms with E-state index < -0.39 is 0 Å². The van der Waals surface area contributed by atoms with Gasteiger partial charge in [-0.3, -0.25) is 9.78 Å². The van der Waals surface area contributed by atoms with Crippen molar-refractivity contribution in [1.29, 1.82) is 0 Å². The Kier molecular flexibility index (Phi) is 7.00. The standard InChI is InChI=1S/C22H28N4O2/c1-17-6-9-20(10-7-17)25-22(28)26-13-3-5-18(16-26)8-11-21(27)24-15-19-4-2-12-23-14-19/h2,4,6-7,9-10,12,14,18H,3,5,8,11,13,15-16H2,1H3,(H,24,27)(H,25,28)/t18-/m1/s1. The molecule has 1 aromatic heterocycles. The molecule has 148 valence electrons. The van der Waals surface area contributed by atoms with Crippen LogP contribution in [0.1, 0.15) is 36.8 Å². The van der Waals surface area contributed by atoms with Crippen LogP contribution in [0.5, 0.6) is 0 Å². The van der Waals surface area contributed by atoms with Gasteiger partial charge in [0.15, 0.2) is 0 Å². The van der Waals surface area contributed by atoms with E-state index in [2.05, 4.69) is 15.6 Å². The lowest BCUT2D eigenvalue weighted by molar-refractivity contribution is -0.121. The van der Waals surface area contributed by atoms with E-state index in [0.29, 0.717) is 25.4 Å². The molecule has 1 atom stereocenters. The summed E-state index contributed by atoms with van der Waals surface area (Å²) in [5.74, 6) is 0.409. The molecule has 6 nitrogen and oxygen atoms in total. The number of hydrogen-bond acceptors (Lipinski definition) is 3. The van der Waals surface area contributed by atoms with Crippen molar-refractivity contribution in [3.05, 3.63) is 59.9 Å². The Morgan fingerprint density at radius 2 is 2.04 bits per heavy atom. The van der Waals surface area contributed by atoms with E-state index in [1.165, 1.54) is 0 Å². The minimum absolute atomic E-state index is 0.0464. The molecule has 0 bridgehead atoms. The van der Waals surface area contributed by atoms with Gasteiger partial charge in [-0.2, -0.15) is 0 Å². The molecule has 0 radical (unpaired) electrons. The number of benzene rings is 1. The zero-order valence-electron chi connectivity index (χ0n) is 16.4. The predicted octanol–water partition coefficient (Wildman–Crippen LogP) is 3.73. The maximum Gasteiger partial charge on any atom is 0.321 e. The number of piperidine rings is 1. The fourth-order valence-corrected chi connectivity index (χ4v) is 3.45. The van der Waals surface area contributed by atoms with Gasteiger partial charge >= 0.3 is 6.03 Å². The Labute approximate surface area is 166 Å². The Balaban J connectivity index is 1.41. The fourth-order valence-electron chi connectivity index (χ4n) is 3.45. The second-order valence-corrected chi connectivity index (χ2v) is 7.43. The molecular formula is C22H28N4O2. The quantitative estimate of drug-likeness (QED) is 0.802. The Bertz CT molecular complexity index is 777. The molecule has 6 heteroatoms. The summed E-state index contributed by atoms with van der Waals surface area (Å²) >= 11 is 0. The highest BCUT2D eigenvalue weighted by Crippen LogP contribution is 2.22. The lowest BCUT2D eigenvalue weighted by Gasteiger charge is -2.32. The molecule has 2 heterocycles. The van der Waals surface area contributed by atoms with Crippen molar-refractivity contribution in [2.75, 3.05) is 18.4 Å². The first-order chi connectivity index (χ1) is 13.6. The fraction of sp³-hybridized carbons (Fsp3) is 0.409. The van der Waals surface area contributed by atoms with Crippen LogP contribution < -0.4 is 10.6 Å². The first-order valence-electron chi connectivity index (χ1n) is 9.88. The molecule has 0 aliphatic carbocycles. The number of likely N-dealkylation sites (tertiary alicyclic amines) is 1. The lowest BCUT2D eigenvalue weighted by Crippen LogP contribution is -2.42. The smallest absolute Gasteiger partial charge is 0.321 e. The summed E-state index contributed by atoms with van der Waals surface area (Å²) in [6, 6.07) is 11.5. The number of nitrogens with zero attached hydrogens (tertiary/aromatic N) is 2. The number of hydrogen-bond donors (Lipinski definition) is 2. The molecule has 2 N–H and O–H groups in total. The number of urea groups is 1. The van der Waals surface area contributed by atoms with Gasteiger partial charge in [-0.25, -0.2) is 4.79 Å². The largest absolute Gasteiger partial charge is 0.352 e. The molecule has 1 fully saturated rings. The maximum atomic E-state index is 12.5. The molecule has 3 rings (SSSR count). The first-order valence-corrected chi connectivity index (χ1v) is 9.88. The number of aryl methyl sites for hydroxylation is 1. The summed E-state index contributed by atoms with van der Waals surface area (Å²) in [7, 11) is 0. The van der Waals surface area contributed by atoms with E-state index in [1.807, 2.05) is 48.2 Å². The van der Waals surface area contributed by atoms with Crippen LogP contribution >= 0.6 is 0 Å². The molecule has 2 aromatic rings. The van der Waals surface area contributed by atoms with Crippen molar-refractivity contribution in [1.82, 2.24) is 15.2 Å². The number of aromatic nitrogens is 1. The number of anilines is 1. The number of rotatable bonds is 6. The summed E-state index contributed by atoms with van der Waals surface area (Å²) in [4.78, 5) is 30.6. The van der Waals surface area contributed by atoms with E-state index in [9.17, 15) is 9.59 Å². The average molecular weight is 380 g/mol. The van der Waals surface area contributed by atoms with E-state index in [0.717, 1.165) is 42.6 Å². The van der Waals surface area contributed by atoms with E-state index >= 15 is 0 Å². The van der Waals surface area contributed by atoms with Gasteiger partial charge in [0.05, 0.1) is 0 Å². The minimum atomic E-state index is -0.0606. The summed E-state index contributed by atoms with van der Waals surface area (Å²) in [6.07, 6.45) is 6.79. The maximum absolute atomic E-state index is 12.5. The molecule has 0 spiro atoms. The molecule has 0 unspecified atom stereocenters. The zero-order valence-corrected chi connectivity index (χ0v) is 16.4. The zero-order chi connectivity index (χ0) is 19.8. The van der Waals surface area contributed by atoms with Gasteiger partial charge in [0.25, 0.3) is 0 Å². The van der Waals surface area contributed by atoms with Crippen LogP contribution in [-0.2, 0) is 11.3 Å². The van der Waals surface area contributed by atoms with Crippen molar-refractivity contribution in [2.24, 2.45) is 5.92 Å². The SMILES string of the molecule is Cc1ccc(NC(=O)N2CCC[C@H](CCC(=O)NCc3cccnc3)C2)cc1. The molecular weight excluding hydrogens is 352 g/mol. The van der Waals surface area contributed by atoms with Crippen LogP contribution in [0, 0.1) is 12.8 Å². The summed E-state index contributed by atoms with van der Waals surface area (Å²) in [5.41, 5.74) is 2.97. The van der Waals surface area contributed by atoms with Crippen LogP contribution in [0.2, 0.25) is 0 Å². The van der Waals surface area contributed by atoms with Crippen molar-refractivity contribution in [3.63, 3.8) is 0 Å². The Morgan fingerprint density at radius 1 is 1.21 bits per heavy atom. The number of carbonyl (C=O) groups excluding carboxylic acids is 2. The highest BCUT2D eigenvalue weighted by molar-refractivity contribution is 5.89. The third-order valence-corrected chi connectivity index (χ3v) is 5.10. The second kappa shape index (κ2) is 9.88. The van der Waals surface area contributed by atoms with Gasteiger partial charge in [-0.1, -0.05) is 23.8 Å². The molecule has 1 aromatic carbocycles. The van der Waals surface area contributed by atoms with E-state index in [1.54, 1.807) is 12.4 Å². The number of nitrogens with one attached hydrogen (secondary N) is 2. The lowest BCUT2D eigenvalue weighted by atomic mass is 9.93.